The highest BCUT2D eigenvalue weighted by Crippen LogP contribution is 2.34. The molecule has 1 atom stereocenters. The van der Waals surface area contributed by atoms with Crippen molar-refractivity contribution in [2.75, 3.05) is 26.2 Å². The number of hydrogen-bond acceptors (Lipinski definition) is 5. The Kier molecular flexibility index (Phi) is 8.91. The molecule has 3 aromatic rings. The number of piperazine rings is 1. The fraction of sp³-hybridized carbons (Fsp3) is 0.364. The highest BCUT2D eigenvalue weighted by molar-refractivity contribution is 6.01. The lowest BCUT2D eigenvalue weighted by atomic mass is 9.81. The third kappa shape index (κ3) is 6.59. The summed E-state index contributed by atoms with van der Waals surface area (Å²) < 4.78 is 5.43. The number of carbonyl (C=O) groups excluding carboxylic acids is 3. The van der Waals surface area contributed by atoms with Gasteiger partial charge in [-0.05, 0) is 42.4 Å². The van der Waals surface area contributed by atoms with Crippen LogP contribution in [0.1, 0.15) is 36.0 Å². The van der Waals surface area contributed by atoms with E-state index in [0.29, 0.717) is 25.8 Å². The number of rotatable bonds is 10. The molecule has 2 aliphatic heterocycles. The smallest absolute Gasteiger partial charge is 0.308 e. The highest BCUT2D eigenvalue weighted by atomic mass is 16.5. The number of piperidine rings is 1. The lowest BCUT2D eigenvalue weighted by molar-refractivity contribution is -0.163. The second-order valence-corrected chi connectivity index (χ2v) is 10.7. The van der Waals surface area contributed by atoms with Gasteiger partial charge >= 0.3 is 5.97 Å². The molecule has 0 aliphatic carbocycles. The number of likely N-dealkylation sites (tertiary alicyclic amines) is 1. The Morgan fingerprint density at radius 3 is 1.88 bits per heavy atom. The molecule has 0 aromatic heterocycles. The number of hydrogen-bond donors (Lipinski definition) is 1. The second-order valence-electron chi connectivity index (χ2n) is 10.7. The van der Waals surface area contributed by atoms with Gasteiger partial charge in [0.25, 0.3) is 0 Å². The molecular weight excluding hydrogens is 502 g/mol. The number of carbonyl (C=O) groups is 3. The van der Waals surface area contributed by atoms with E-state index >= 15 is 0 Å². The Labute approximate surface area is 236 Å². The molecule has 2 heterocycles. The van der Waals surface area contributed by atoms with Crippen LogP contribution in [0.4, 0.5) is 0 Å². The molecule has 2 saturated heterocycles. The molecular formula is C33H37N3O4. The first-order valence-electron chi connectivity index (χ1n) is 14.2. The first kappa shape index (κ1) is 27.6. The number of ether oxygens (including phenoxy) is 1. The summed E-state index contributed by atoms with van der Waals surface area (Å²) in [6, 6.07) is 28.9. The van der Waals surface area contributed by atoms with Gasteiger partial charge in [-0.2, -0.15) is 0 Å². The summed E-state index contributed by atoms with van der Waals surface area (Å²) in [7, 11) is 0. The van der Waals surface area contributed by atoms with Crippen molar-refractivity contribution < 1.29 is 19.1 Å². The molecule has 40 heavy (non-hydrogen) atoms. The van der Waals surface area contributed by atoms with Gasteiger partial charge in [0.2, 0.25) is 11.8 Å². The summed E-state index contributed by atoms with van der Waals surface area (Å²) in [5.41, 5.74) is 2.37. The van der Waals surface area contributed by atoms with Crippen LogP contribution in [0.5, 0.6) is 0 Å². The Balaban J connectivity index is 1.25. The number of benzene rings is 3. The average Bonchev–Trinajstić information content (AvgIpc) is 3.00. The van der Waals surface area contributed by atoms with Gasteiger partial charge in [-0.1, -0.05) is 91.0 Å². The number of nitrogens with zero attached hydrogens (tertiary/aromatic N) is 2. The fourth-order valence-corrected chi connectivity index (χ4v) is 5.76. The van der Waals surface area contributed by atoms with Crippen molar-refractivity contribution in [3.63, 3.8) is 0 Å². The lowest BCUT2D eigenvalue weighted by Crippen LogP contribution is -2.73. The molecule has 7 nitrogen and oxygen atoms in total. The fourth-order valence-electron chi connectivity index (χ4n) is 5.76. The predicted molar refractivity (Wildman–Crippen MR) is 153 cm³/mol. The molecule has 2 aliphatic rings. The molecule has 1 unspecified atom stereocenters. The topological polar surface area (TPSA) is 79.0 Å². The standard InChI is InChI=1S/C33H37N3O4/c37-30(40-25-28-14-8-3-9-15-28)24-29-31(38)36(21-17-27-12-6-2-7-13-27)33(32(39)34-29)18-22-35(23-19-33)20-16-26-10-4-1-5-11-26/h1-15,29H,16-25H2,(H,34,39). The van der Waals surface area contributed by atoms with Crippen LogP contribution in [0, 0.1) is 0 Å². The molecule has 1 spiro atoms. The van der Waals surface area contributed by atoms with Crippen LogP contribution in [0.25, 0.3) is 0 Å². The zero-order valence-corrected chi connectivity index (χ0v) is 22.8. The van der Waals surface area contributed by atoms with Crippen molar-refractivity contribution in [3.05, 3.63) is 108 Å². The minimum absolute atomic E-state index is 0.134. The van der Waals surface area contributed by atoms with Gasteiger partial charge in [0.15, 0.2) is 0 Å². The molecule has 0 bridgehead atoms. The van der Waals surface area contributed by atoms with Gasteiger partial charge in [0.05, 0.1) is 6.42 Å². The van der Waals surface area contributed by atoms with Crippen molar-refractivity contribution in [2.45, 2.75) is 50.3 Å². The van der Waals surface area contributed by atoms with Crippen LogP contribution in [0.2, 0.25) is 0 Å². The van der Waals surface area contributed by atoms with Crippen LogP contribution in [-0.4, -0.2) is 65.3 Å². The van der Waals surface area contributed by atoms with Crippen molar-refractivity contribution in [2.24, 2.45) is 0 Å². The molecule has 2 amide bonds. The number of esters is 1. The van der Waals surface area contributed by atoms with E-state index in [9.17, 15) is 14.4 Å². The molecule has 3 aromatic carbocycles. The molecule has 2 fully saturated rings. The minimum atomic E-state index is -0.923. The van der Waals surface area contributed by atoms with Gasteiger partial charge in [-0.15, -0.1) is 0 Å². The van der Waals surface area contributed by atoms with Crippen LogP contribution in [0.15, 0.2) is 91.0 Å². The maximum atomic E-state index is 13.9. The summed E-state index contributed by atoms with van der Waals surface area (Å²) in [5, 5.41) is 2.91. The zero-order valence-electron chi connectivity index (χ0n) is 22.8. The molecule has 0 radical (unpaired) electrons. The van der Waals surface area contributed by atoms with Crippen molar-refractivity contribution in [3.8, 4) is 0 Å². The lowest BCUT2D eigenvalue weighted by Gasteiger charge is -2.51. The van der Waals surface area contributed by atoms with E-state index in [1.54, 1.807) is 4.90 Å². The maximum absolute atomic E-state index is 13.9. The Morgan fingerprint density at radius 2 is 1.30 bits per heavy atom. The summed E-state index contributed by atoms with van der Waals surface area (Å²) >= 11 is 0. The first-order chi connectivity index (χ1) is 19.5. The SMILES string of the molecule is O=C(CC1NC(=O)C2(CCN(CCc3ccccc3)CC2)N(CCc2ccccc2)C1=O)OCc1ccccc1. The van der Waals surface area contributed by atoms with Crippen molar-refractivity contribution >= 4 is 17.8 Å². The largest absolute Gasteiger partial charge is 0.461 e. The number of amides is 2. The molecule has 5 rings (SSSR count). The van der Waals surface area contributed by atoms with Crippen molar-refractivity contribution in [1.82, 2.24) is 15.1 Å². The van der Waals surface area contributed by atoms with Gasteiger partial charge in [0, 0.05) is 26.2 Å². The van der Waals surface area contributed by atoms with Crippen LogP contribution >= 0.6 is 0 Å². The summed E-state index contributed by atoms with van der Waals surface area (Å²) in [6.07, 6.45) is 2.55. The van der Waals surface area contributed by atoms with E-state index in [2.05, 4.69) is 34.5 Å². The normalized spacial score (nSPS) is 18.9. The van der Waals surface area contributed by atoms with Crippen molar-refractivity contribution in [1.29, 1.82) is 0 Å². The first-order valence-corrected chi connectivity index (χ1v) is 14.2. The third-order valence-corrected chi connectivity index (χ3v) is 8.13. The van der Waals surface area contributed by atoms with E-state index in [4.69, 9.17) is 4.74 Å². The second kappa shape index (κ2) is 12.9. The van der Waals surface area contributed by atoms with Gasteiger partial charge in [-0.3, -0.25) is 14.4 Å². The molecule has 1 N–H and O–H groups in total. The zero-order chi connectivity index (χ0) is 27.8. The van der Waals surface area contributed by atoms with E-state index in [-0.39, 0.29) is 24.8 Å². The molecule has 208 valence electrons. The quantitative estimate of drug-likeness (QED) is 0.397. The number of nitrogens with one attached hydrogen (secondary N) is 1. The van der Waals surface area contributed by atoms with E-state index in [1.165, 1.54) is 5.56 Å². The average molecular weight is 540 g/mol. The molecule has 0 saturated carbocycles. The third-order valence-electron chi connectivity index (χ3n) is 8.13. The molecule has 7 heteroatoms. The summed E-state index contributed by atoms with van der Waals surface area (Å²) in [4.78, 5) is 44.4. The van der Waals surface area contributed by atoms with Crippen LogP contribution in [0.3, 0.4) is 0 Å². The van der Waals surface area contributed by atoms with Gasteiger partial charge in [-0.25, -0.2) is 0 Å². The minimum Gasteiger partial charge on any atom is -0.461 e. The van der Waals surface area contributed by atoms with Gasteiger partial charge in [0.1, 0.15) is 18.2 Å². The Morgan fingerprint density at radius 1 is 0.775 bits per heavy atom. The van der Waals surface area contributed by atoms with E-state index in [1.807, 2.05) is 66.7 Å². The van der Waals surface area contributed by atoms with Gasteiger partial charge < -0.3 is 19.9 Å². The summed E-state index contributed by atoms with van der Waals surface area (Å²) in [5.74, 6) is -0.870. The maximum Gasteiger partial charge on any atom is 0.308 e. The summed E-state index contributed by atoms with van der Waals surface area (Å²) in [6.45, 7) is 2.94. The Bertz CT molecular complexity index is 1270. The van der Waals surface area contributed by atoms with E-state index in [0.717, 1.165) is 37.2 Å². The highest BCUT2D eigenvalue weighted by Gasteiger charge is 2.53. The van der Waals surface area contributed by atoms with Crippen LogP contribution in [-0.2, 0) is 38.6 Å². The predicted octanol–water partition coefficient (Wildman–Crippen LogP) is 3.77. The Hall–Kier alpha value is -3.97. The van der Waals surface area contributed by atoms with Crippen LogP contribution < -0.4 is 5.32 Å². The van der Waals surface area contributed by atoms with E-state index < -0.39 is 17.6 Å². The monoisotopic (exact) mass is 539 g/mol.